The smallest absolute Gasteiger partial charge is 0.252 e. The third-order valence-corrected chi connectivity index (χ3v) is 6.05. The SMILES string of the molecule is CN(C)C(CNC(=O)c1cc(S(=O)(=O)N(C)C)ccc1Cl)c1ccco1. The molecule has 0 bridgehead atoms. The van der Waals surface area contributed by atoms with Gasteiger partial charge < -0.3 is 9.73 Å². The second-order valence-electron chi connectivity index (χ2n) is 6.13. The summed E-state index contributed by atoms with van der Waals surface area (Å²) in [6.45, 7) is 0.278. The Labute approximate surface area is 158 Å². The van der Waals surface area contributed by atoms with E-state index in [1.54, 1.807) is 12.3 Å². The molecule has 1 amide bonds. The van der Waals surface area contributed by atoms with Crippen molar-refractivity contribution < 1.29 is 17.6 Å². The van der Waals surface area contributed by atoms with Crippen LogP contribution in [0.2, 0.25) is 5.02 Å². The number of sulfonamides is 1. The van der Waals surface area contributed by atoms with Gasteiger partial charge >= 0.3 is 0 Å². The number of furan rings is 1. The molecule has 26 heavy (non-hydrogen) atoms. The number of nitrogens with one attached hydrogen (secondary N) is 1. The second-order valence-corrected chi connectivity index (χ2v) is 8.69. The summed E-state index contributed by atoms with van der Waals surface area (Å²) in [7, 11) is 2.94. The molecule has 0 aliphatic rings. The molecular formula is C17H22ClN3O4S. The molecule has 1 atom stereocenters. The van der Waals surface area contributed by atoms with Crippen LogP contribution < -0.4 is 5.32 Å². The number of rotatable bonds is 7. The molecule has 1 heterocycles. The van der Waals surface area contributed by atoms with Gasteiger partial charge in [-0.15, -0.1) is 0 Å². The van der Waals surface area contributed by atoms with Crippen molar-refractivity contribution in [3.63, 3.8) is 0 Å². The van der Waals surface area contributed by atoms with Crippen LogP contribution >= 0.6 is 11.6 Å². The van der Waals surface area contributed by atoms with E-state index in [0.717, 1.165) is 4.31 Å². The van der Waals surface area contributed by atoms with Gasteiger partial charge in [-0.25, -0.2) is 12.7 Å². The van der Waals surface area contributed by atoms with Crippen molar-refractivity contribution in [1.29, 1.82) is 0 Å². The number of carbonyl (C=O) groups is 1. The lowest BCUT2D eigenvalue weighted by molar-refractivity contribution is 0.0939. The molecule has 0 aliphatic carbocycles. The summed E-state index contributed by atoms with van der Waals surface area (Å²) < 4.78 is 31.0. The van der Waals surface area contributed by atoms with E-state index >= 15 is 0 Å². The van der Waals surface area contributed by atoms with Crippen LogP contribution in [0.3, 0.4) is 0 Å². The van der Waals surface area contributed by atoms with Crippen LogP contribution in [0.5, 0.6) is 0 Å². The molecule has 1 aromatic carbocycles. The van der Waals surface area contributed by atoms with Crippen molar-refractivity contribution in [2.45, 2.75) is 10.9 Å². The summed E-state index contributed by atoms with van der Waals surface area (Å²) in [6, 6.07) is 7.50. The zero-order valence-electron chi connectivity index (χ0n) is 15.1. The van der Waals surface area contributed by atoms with Gasteiger partial charge in [0.2, 0.25) is 10.0 Å². The van der Waals surface area contributed by atoms with Crippen LogP contribution in [0.4, 0.5) is 0 Å². The fourth-order valence-corrected chi connectivity index (χ4v) is 3.48. The average Bonchev–Trinajstić information content (AvgIpc) is 3.08. The Balaban J connectivity index is 2.22. The number of hydrogen-bond acceptors (Lipinski definition) is 5. The van der Waals surface area contributed by atoms with Gasteiger partial charge in [0.05, 0.1) is 27.8 Å². The number of halogens is 1. The van der Waals surface area contributed by atoms with Crippen molar-refractivity contribution in [1.82, 2.24) is 14.5 Å². The highest BCUT2D eigenvalue weighted by molar-refractivity contribution is 7.89. The molecule has 0 aliphatic heterocycles. The van der Waals surface area contributed by atoms with E-state index < -0.39 is 15.9 Å². The highest BCUT2D eigenvalue weighted by Crippen LogP contribution is 2.23. The first-order valence-corrected chi connectivity index (χ1v) is 9.66. The molecule has 2 aromatic rings. The Morgan fingerprint density at radius 1 is 1.23 bits per heavy atom. The predicted octanol–water partition coefficient (Wildman–Crippen LogP) is 2.22. The first-order chi connectivity index (χ1) is 12.1. The van der Waals surface area contributed by atoms with Gasteiger partial charge in [0, 0.05) is 20.6 Å². The quantitative estimate of drug-likeness (QED) is 0.771. The lowest BCUT2D eigenvalue weighted by atomic mass is 10.1. The Kier molecular flexibility index (Phi) is 6.46. The standard InChI is InChI=1S/C17H22ClN3O4S/c1-20(2)15(16-6-5-9-25-16)11-19-17(22)13-10-12(7-8-14(13)18)26(23,24)21(3)4/h5-10,15H,11H2,1-4H3,(H,19,22). The number of hydrogen-bond donors (Lipinski definition) is 1. The van der Waals surface area contributed by atoms with Gasteiger partial charge in [-0.3, -0.25) is 9.69 Å². The van der Waals surface area contributed by atoms with E-state index in [1.165, 1.54) is 32.3 Å². The molecule has 0 spiro atoms. The van der Waals surface area contributed by atoms with Crippen LogP contribution in [0.1, 0.15) is 22.2 Å². The minimum Gasteiger partial charge on any atom is -0.468 e. The van der Waals surface area contributed by atoms with Crippen LogP contribution in [0.15, 0.2) is 45.9 Å². The number of nitrogens with zero attached hydrogens (tertiary/aromatic N) is 2. The first kappa shape index (κ1) is 20.4. The maximum absolute atomic E-state index is 12.6. The Morgan fingerprint density at radius 2 is 1.92 bits per heavy atom. The number of benzene rings is 1. The van der Waals surface area contributed by atoms with Crippen LogP contribution in [-0.2, 0) is 10.0 Å². The summed E-state index contributed by atoms with van der Waals surface area (Å²) >= 11 is 6.10. The number of likely N-dealkylation sites (N-methyl/N-ethyl adjacent to an activating group) is 1. The summed E-state index contributed by atoms with van der Waals surface area (Å²) in [4.78, 5) is 14.5. The number of amides is 1. The Morgan fingerprint density at radius 3 is 2.46 bits per heavy atom. The summed E-state index contributed by atoms with van der Waals surface area (Å²) in [5.74, 6) is 0.259. The van der Waals surface area contributed by atoms with Gasteiger partial charge in [0.25, 0.3) is 5.91 Å². The molecular weight excluding hydrogens is 378 g/mol. The highest BCUT2D eigenvalue weighted by Gasteiger charge is 2.22. The van der Waals surface area contributed by atoms with Crippen LogP contribution in [0, 0.1) is 0 Å². The topological polar surface area (TPSA) is 82.9 Å². The largest absolute Gasteiger partial charge is 0.468 e. The van der Waals surface area contributed by atoms with E-state index in [2.05, 4.69) is 5.32 Å². The van der Waals surface area contributed by atoms with Gasteiger partial charge in [0.1, 0.15) is 5.76 Å². The zero-order valence-corrected chi connectivity index (χ0v) is 16.6. The van der Waals surface area contributed by atoms with Gasteiger partial charge in [-0.2, -0.15) is 0 Å². The zero-order chi connectivity index (χ0) is 19.5. The molecule has 1 N–H and O–H groups in total. The molecule has 0 fully saturated rings. The lowest BCUT2D eigenvalue weighted by Crippen LogP contribution is -2.34. The average molecular weight is 400 g/mol. The molecule has 0 saturated heterocycles. The molecule has 0 saturated carbocycles. The van der Waals surface area contributed by atoms with Crippen molar-refractivity contribution in [3.05, 3.63) is 52.9 Å². The van der Waals surface area contributed by atoms with Gasteiger partial charge in [-0.05, 0) is 44.4 Å². The lowest BCUT2D eigenvalue weighted by Gasteiger charge is -2.22. The van der Waals surface area contributed by atoms with E-state index in [4.69, 9.17) is 16.0 Å². The molecule has 142 valence electrons. The van der Waals surface area contributed by atoms with Gasteiger partial charge in [0.15, 0.2) is 0 Å². The van der Waals surface area contributed by atoms with E-state index in [0.29, 0.717) is 5.76 Å². The highest BCUT2D eigenvalue weighted by atomic mass is 35.5. The fourth-order valence-electron chi connectivity index (χ4n) is 2.35. The fraction of sp³-hybridized carbons (Fsp3) is 0.353. The normalized spacial score (nSPS) is 13.2. The van der Waals surface area contributed by atoms with Crippen molar-refractivity contribution in [3.8, 4) is 0 Å². The molecule has 1 aromatic heterocycles. The number of carbonyl (C=O) groups excluding carboxylic acids is 1. The molecule has 2 rings (SSSR count). The van der Waals surface area contributed by atoms with Crippen molar-refractivity contribution in [2.75, 3.05) is 34.7 Å². The minimum absolute atomic E-state index is 0.00671. The monoisotopic (exact) mass is 399 g/mol. The summed E-state index contributed by atoms with van der Waals surface area (Å²) in [6.07, 6.45) is 1.57. The Bertz CT molecular complexity index is 864. The minimum atomic E-state index is -3.66. The van der Waals surface area contributed by atoms with Gasteiger partial charge in [-0.1, -0.05) is 11.6 Å². The maximum atomic E-state index is 12.6. The first-order valence-electron chi connectivity index (χ1n) is 7.84. The predicted molar refractivity (Wildman–Crippen MR) is 99.8 cm³/mol. The van der Waals surface area contributed by atoms with Crippen LogP contribution in [-0.4, -0.2) is 58.3 Å². The molecule has 1 unspecified atom stereocenters. The van der Waals surface area contributed by atoms with Crippen LogP contribution in [0.25, 0.3) is 0 Å². The summed E-state index contributed by atoms with van der Waals surface area (Å²) in [5, 5.41) is 2.96. The second kappa shape index (κ2) is 8.22. The molecule has 7 nitrogen and oxygen atoms in total. The third kappa shape index (κ3) is 4.45. The van der Waals surface area contributed by atoms with Crippen molar-refractivity contribution >= 4 is 27.5 Å². The molecule has 0 radical (unpaired) electrons. The van der Waals surface area contributed by atoms with E-state index in [1.807, 2.05) is 25.1 Å². The molecule has 9 heteroatoms. The summed E-state index contributed by atoms with van der Waals surface area (Å²) in [5.41, 5.74) is 0.103. The van der Waals surface area contributed by atoms with E-state index in [9.17, 15) is 13.2 Å². The maximum Gasteiger partial charge on any atom is 0.252 e. The Hall–Kier alpha value is -1.87. The third-order valence-electron chi connectivity index (χ3n) is 3.91. The van der Waals surface area contributed by atoms with Crippen molar-refractivity contribution in [2.24, 2.45) is 0 Å². The van der Waals surface area contributed by atoms with E-state index in [-0.39, 0.29) is 28.1 Å².